The van der Waals surface area contributed by atoms with Crippen LogP contribution in [-0.4, -0.2) is 44.0 Å². The van der Waals surface area contributed by atoms with E-state index in [9.17, 15) is 26.4 Å². The molecule has 1 aromatic rings. The minimum atomic E-state index is -4.74. The van der Waals surface area contributed by atoms with Gasteiger partial charge in [0.1, 0.15) is 11.3 Å². The fourth-order valence-corrected chi connectivity index (χ4v) is 7.90. The lowest BCUT2D eigenvalue weighted by atomic mass is 9.78. The zero-order chi connectivity index (χ0) is 24.7. The van der Waals surface area contributed by atoms with Crippen molar-refractivity contribution >= 4 is 27.3 Å². The Bertz CT molecular complexity index is 1030. The normalized spacial score (nSPS) is 25.7. The van der Waals surface area contributed by atoms with Crippen LogP contribution in [0.15, 0.2) is 6.07 Å². The highest BCUT2D eigenvalue weighted by molar-refractivity contribution is 7.92. The zero-order valence-electron chi connectivity index (χ0n) is 19.0. The van der Waals surface area contributed by atoms with Gasteiger partial charge in [-0.15, -0.1) is 0 Å². The first-order valence-corrected chi connectivity index (χ1v) is 13.9. The summed E-state index contributed by atoms with van der Waals surface area (Å²) in [5.74, 6) is 0.0748. The van der Waals surface area contributed by atoms with Crippen LogP contribution in [-0.2, 0) is 16.0 Å². The lowest BCUT2D eigenvalue weighted by molar-refractivity contribution is -0.141. The number of nitrogens with zero attached hydrogens (tertiary/aromatic N) is 1. The molecule has 1 heterocycles. The Kier molecular flexibility index (Phi) is 7.39. The van der Waals surface area contributed by atoms with Crippen LogP contribution in [0.4, 0.5) is 13.2 Å². The molecule has 3 aliphatic carbocycles. The summed E-state index contributed by atoms with van der Waals surface area (Å²) >= 11 is 6.01. The second-order valence-corrected chi connectivity index (χ2v) is 12.7. The van der Waals surface area contributed by atoms with Gasteiger partial charge in [0.15, 0.2) is 9.84 Å². The van der Waals surface area contributed by atoms with E-state index < -0.39 is 43.8 Å². The Morgan fingerprint density at radius 2 is 1.79 bits per heavy atom. The van der Waals surface area contributed by atoms with Crippen molar-refractivity contribution in [2.75, 3.05) is 19.4 Å². The van der Waals surface area contributed by atoms with E-state index in [1.165, 1.54) is 12.8 Å². The molecule has 34 heavy (non-hydrogen) atoms. The average molecular weight is 523 g/mol. The first kappa shape index (κ1) is 25.5. The monoisotopic (exact) mass is 522 g/mol. The maximum absolute atomic E-state index is 13.1. The molecule has 3 atom stereocenters. The van der Waals surface area contributed by atoms with Gasteiger partial charge in [0.05, 0.1) is 23.1 Å². The van der Waals surface area contributed by atoms with E-state index in [0.717, 1.165) is 38.7 Å². The molecule has 0 saturated heterocycles. The van der Waals surface area contributed by atoms with Gasteiger partial charge in [-0.25, -0.2) is 13.4 Å². The van der Waals surface area contributed by atoms with Crippen LogP contribution in [0.1, 0.15) is 67.4 Å². The van der Waals surface area contributed by atoms with Gasteiger partial charge in [0.2, 0.25) is 5.88 Å². The molecule has 1 aromatic heterocycles. The van der Waals surface area contributed by atoms with Gasteiger partial charge in [-0.3, -0.25) is 4.79 Å². The van der Waals surface area contributed by atoms with Crippen molar-refractivity contribution in [1.29, 1.82) is 0 Å². The number of alkyl halides is 3. The largest absolute Gasteiger partial charge is 0.480 e. The minimum Gasteiger partial charge on any atom is -0.480 e. The molecule has 4 rings (SSSR count). The van der Waals surface area contributed by atoms with Gasteiger partial charge in [0.25, 0.3) is 5.91 Å². The molecule has 11 heteroatoms. The molecule has 6 nitrogen and oxygen atoms in total. The highest BCUT2D eigenvalue weighted by Gasteiger charge is 2.42. The van der Waals surface area contributed by atoms with E-state index in [-0.39, 0.29) is 29.7 Å². The number of aromatic nitrogens is 1. The van der Waals surface area contributed by atoms with E-state index in [1.54, 1.807) is 0 Å². The van der Waals surface area contributed by atoms with E-state index in [0.29, 0.717) is 24.8 Å². The Hall–Kier alpha value is -1.55. The van der Waals surface area contributed by atoms with E-state index in [4.69, 9.17) is 16.3 Å². The Balaban J connectivity index is 1.49. The van der Waals surface area contributed by atoms with Crippen molar-refractivity contribution in [2.45, 2.75) is 62.8 Å². The van der Waals surface area contributed by atoms with Crippen molar-refractivity contribution in [3.8, 4) is 5.88 Å². The number of amides is 1. The van der Waals surface area contributed by atoms with Gasteiger partial charge in [-0.1, -0.05) is 24.4 Å². The summed E-state index contributed by atoms with van der Waals surface area (Å²) in [6.45, 7) is 0.106. The molecule has 190 valence electrons. The number of hydrogen-bond acceptors (Lipinski definition) is 5. The number of halogens is 4. The molecule has 1 amide bonds. The number of ether oxygens (including phenoxy) is 1. The van der Waals surface area contributed by atoms with Crippen molar-refractivity contribution in [3.05, 3.63) is 22.3 Å². The lowest BCUT2D eigenvalue weighted by Gasteiger charge is -2.36. The van der Waals surface area contributed by atoms with Gasteiger partial charge in [-0.2, -0.15) is 13.2 Å². The third-order valence-corrected chi connectivity index (χ3v) is 9.96. The van der Waals surface area contributed by atoms with Crippen LogP contribution in [0.3, 0.4) is 0 Å². The Morgan fingerprint density at radius 1 is 1.15 bits per heavy atom. The van der Waals surface area contributed by atoms with Crippen LogP contribution in [0.5, 0.6) is 5.88 Å². The second kappa shape index (κ2) is 9.84. The highest BCUT2D eigenvalue weighted by Crippen LogP contribution is 2.44. The SMILES string of the molecule is COc1nc(C(F)(F)F)cc(Cl)c1C(=O)NCC1CC(CC2CC2)CCC1S(=O)(=O)CC1CC1. The topological polar surface area (TPSA) is 85.4 Å². The number of pyridine rings is 1. The first-order chi connectivity index (χ1) is 16.0. The molecule has 0 radical (unpaired) electrons. The number of methoxy groups -OCH3 is 1. The fourth-order valence-electron chi connectivity index (χ4n) is 5.10. The smallest absolute Gasteiger partial charge is 0.433 e. The average Bonchev–Trinajstić information content (AvgIpc) is 3.68. The molecular weight excluding hydrogens is 493 g/mol. The van der Waals surface area contributed by atoms with Crippen molar-refractivity contribution in [1.82, 2.24) is 10.3 Å². The Morgan fingerprint density at radius 3 is 2.38 bits per heavy atom. The van der Waals surface area contributed by atoms with Gasteiger partial charge >= 0.3 is 6.18 Å². The highest BCUT2D eigenvalue weighted by atomic mass is 35.5. The third kappa shape index (κ3) is 6.17. The number of hydrogen-bond donors (Lipinski definition) is 1. The van der Waals surface area contributed by atoms with Crippen LogP contribution < -0.4 is 10.1 Å². The summed E-state index contributed by atoms with van der Waals surface area (Å²) in [6.07, 6.45) is 2.84. The fraction of sp³-hybridized carbons (Fsp3) is 0.739. The van der Waals surface area contributed by atoms with Crippen LogP contribution in [0, 0.1) is 23.7 Å². The molecule has 3 saturated carbocycles. The molecule has 0 aliphatic heterocycles. The summed E-state index contributed by atoms with van der Waals surface area (Å²) in [6, 6.07) is 0.591. The van der Waals surface area contributed by atoms with Crippen molar-refractivity contribution in [3.63, 3.8) is 0 Å². The number of carbonyl (C=O) groups excluding carboxylic acids is 1. The van der Waals surface area contributed by atoms with Crippen molar-refractivity contribution < 1.29 is 31.1 Å². The quantitative estimate of drug-likeness (QED) is 0.498. The van der Waals surface area contributed by atoms with E-state index in [2.05, 4.69) is 10.3 Å². The van der Waals surface area contributed by atoms with Crippen LogP contribution in [0.25, 0.3) is 0 Å². The number of nitrogens with one attached hydrogen (secondary N) is 1. The number of rotatable bonds is 9. The molecule has 0 spiro atoms. The van der Waals surface area contributed by atoms with Crippen LogP contribution >= 0.6 is 11.6 Å². The number of carbonyl (C=O) groups is 1. The molecule has 3 aliphatic rings. The maximum Gasteiger partial charge on any atom is 0.433 e. The van der Waals surface area contributed by atoms with Gasteiger partial charge in [-0.05, 0) is 68.3 Å². The third-order valence-electron chi connectivity index (χ3n) is 7.18. The summed E-state index contributed by atoms with van der Waals surface area (Å²) in [7, 11) is -2.19. The maximum atomic E-state index is 13.1. The first-order valence-electron chi connectivity index (χ1n) is 11.8. The summed E-state index contributed by atoms with van der Waals surface area (Å²) in [5.41, 5.74) is -1.55. The minimum absolute atomic E-state index is 0.106. The Labute approximate surface area is 202 Å². The molecule has 3 unspecified atom stereocenters. The van der Waals surface area contributed by atoms with Crippen molar-refractivity contribution in [2.24, 2.45) is 23.7 Å². The summed E-state index contributed by atoms with van der Waals surface area (Å²) < 4.78 is 70.3. The zero-order valence-corrected chi connectivity index (χ0v) is 20.6. The van der Waals surface area contributed by atoms with E-state index >= 15 is 0 Å². The van der Waals surface area contributed by atoms with Crippen LogP contribution in [0.2, 0.25) is 5.02 Å². The standard InChI is InChI=1S/C23H30ClF3N2O4S/c1-33-22-20(17(24)10-19(29-22)23(25,26)27)21(30)28-11-16-9-15(8-13-2-3-13)6-7-18(16)34(31,32)12-14-4-5-14/h10,13-16,18H,2-9,11-12H2,1H3,(H,28,30). The molecule has 0 bridgehead atoms. The van der Waals surface area contributed by atoms with E-state index in [1.807, 2.05) is 0 Å². The molecule has 3 fully saturated rings. The van der Waals surface area contributed by atoms with Gasteiger partial charge < -0.3 is 10.1 Å². The number of sulfone groups is 1. The second-order valence-electron chi connectivity index (χ2n) is 10.0. The van der Waals surface area contributed by atoms with Gasteiger partial charge in [0, 0.05) is 6.54 Å². The molecule has 1 N–H and O–H groups in total. The summed E-state index contributed by atoms with van der Waals surface area (Å²) in [5, 5.41) is 1.77. The molecular formula is C23H30ClF3N2O4S. The molecule has 0 aromatic carbocycles. The predicted molar refractivity (Wildman–Crippen MR) is 122 cm³/mol. The lowest BCUT2D eigenvalue weighted by Crippen LogP contribution is -2.43. The summed E-state index contributed by atoms with van der Waals surface area (Å²) in [4.78, 5) is 16.3. The predicted octanol–water partition coefficient (Wildman–Crippen LogP) is 4.90.